The second-order valence-electron chi connectivity index (χ2n) is 6.77. The molecule has 0 aromatic heterocycles. The third-order valence-corrected chi connectivity index (χ3v) is 4.98. The van der Waals surface area contributed by atoms with E-state index in [1.807, 2.05) is 31.2 Å². The van der Waals surface area contributed by atoms with Crippen molar-refractivity contribution in [2.45, 2.75) is 13.5 Å². The molecule has 0 bridgehead atoms. The first-order valence-corrected chi connectivity index (χ1v) is 9.92. The van der Waals surface area contributed by atoms with Crippen LogP contribution in [0.25, 0.3) is 0 Å². The molecule has 0 saturated carbocycles. The summed E-state index contributed by atoms with van der Waals surface area (Å²) in [6.07, 6.45) is 0. The molecule has 0 unspecified atom stereocenters. The van der Waals surface area contributed by atoms with Crippen LogP contribution < -0.4 is 24.3 Å². The van der Waals surface area contributed by atoms with Gasteiger partial charge in [0.25, 0.3) is 5.91 Å². The molecule has 0 saturated heterocycles. The molecule has 31 heavy (non-hydrogen) atoms. The van der Waals surface area contributed by atoms with Crippen molar-refractivity contribution < 1.29 is 23.7 Å². The second kappa shape index (κ2) is 10.1. The van der Waals surface area contributed by atoms with E-state index in [4.69, 9.17) is 30.5 Å². The first kappa shape index (κ1) is 22.3. The predicted octanol–water partition coefficient (Wildman–Crippen LogP) is 5.51. The van der Waals surface area contributed by atoms with Crippen molar-refractivity contribution in [1.82, 2.24) is 0 Å². The van der Waals surface area contributed by atoms with Crippen molar-refractivity contribution in [3.05, 3.63) is 76.3 Å². The lowest BCUT2D eigenvalue weighted by molar-refractivity contribution is 0.102. The monoisotopic (exact) mass is 441 g/mol. The smallest absolute Gasteiger partial charge is 0.255 e. The van der Waals surface area contributed by atoms with Crippen molar-refractivity contribution in [1.29, 1.82) is 0 Å². The van der Waals surface area contributed by atoms with Gasteiger partial charge < -0.3 is 24.3 Å². The van der Waals surface area contributed by atoms with Crippen LogP contribution in [0.5, 0.6) is 23.0 Å². The van der Waals surface area contributed by atoms with E-state index in [9.17, 15) is 4.79 Å². The zero-order valence-electron chi connectivity index (χ0n) is 17.8. The average molecular weight is 442 g/mol. The van der Waals surface area contributed by atoms with E-state index in [1.165, 1.54) is 14.2 Å². The number of anilines is 1. The van der Waals surface area contributed by atoms with Gasteiger partial charge in [-0.2, -0.15) is 0 Å². The molecule has 162 valence electrons. The minimum absolute atomic E-state index is 0.255. The average Bonchev–Trinajstić information content (AvgIpc) is 2.79. The number of aryl methyl sites for hydroxylation is 1. The maximum Gasteiger partial charge on any atom is 0.255 e. The number of hydrogen-bond donors (Lipinski definition) is 1. The highest BCUT2D eigenvalue weighted by Crippen LogP contribution is 2.36. The third-order valence-electron chi connectivity index (χ3n) is 4.68. The van der Waals surface area contributed by atoms with Crippen molar-refractivity contribution in [2.24, 2.45) is 0 Å². The minimum atomic E-state index is -0.318. The summed E-state index contributed by atoms with van der Waals surface area (Å²) in [5.41, 5.74) is 2.79. The largest absolute Gasteiger partial charge is 0.496 e. The van der Waals surface area contributed by atoms with E-state index in [0.29, 0.717) is 33.5 Å². The molecule has 3 aromatic carbocycles. The van der Waals surface area contributed by atoms with Gasteiger partial charge in [0, 0.05) is 23.3 Å². The fourth-order valence-corrected chi connectivity index (χ4v) is 3.21. The molecule has 3 rings (SSSR count). The van der Waals surface area contributed by atoms with Crippen molar-refractivity contribution in [3.8, 4) is 23.0 Å². The van der Waals surface area contributed by atoms with E-state index in [1.54, 1.807) is 37.4 Å². The standard InChI is InChI=1S/C24H24ClNO5/c1-15-5-8-18(9-6-15)31-14-17-11-16(7-10-21(17)28-2)24(27)26-20-13-22(29-3)19(25)12-23(20)30-4/h5-13H,14H2,1-4H3,(H,26,27). The van der Waals surface area contributed by atoms with Crippen LogP contribution in [0.4, 0.5) is 5.69 Å². The Morgan fingerprint density at radius 3 is 2.19 bits per heavy atom. The van der Waals surface area contributed by atoms with Crippen LogP contribution in [0, 0.1) is 6.92 Å². The second-order valence-corrected chi connectivity index (χ2v) is 7.18. The molecule has 0 fully saturated rings. The molecule has 0 atom stereocenters. The Kier molecular flexibility index (Phi) is 7.26. The Labute approximate surface area is 186 Å². The van der Waals surface area contributed by atoms with Gasteiger partial charge in [-0.1, -0.05) is 29.3 Å². The molecular weight excluding hydrogens is 418 g/mol. The third kappa shape index (κ3) is 5.41. The fourth-order valence-electron chi connectivity index (χ4n) is 2.98. The molecule has 6 nitrogen and oxygen atoms in total. The Balaban J connectivity index is 1.81. The summed E-state index contributed by atoms with van der Waals surface area (Å²) >= 11 is 6.14. The SMILES string of the molecule is COc1cc(NC(=O)c2ccc(OC)c(COc3ccc(C)cc3)c2)c(OC)cc1Cl. The van der Waals surface area contributed by atoms with Gasteiger partial charge in [-0.05, 0) is 37.3 Å². The van der Waals surface area contributed by atoms with Gasteiger partial charge in [-0.25, -0.2) is 0 Å². The van der Waals surface area contributed by atoms with Crippen LogP contribution in [0.1, 0.15) is 21.5 Å². The van der Waals surface area contributed by atoms with Crippen LogP contribution >= 0.6 is 11.6 Å². The summed E-state index contributed by atoms with van der Waals surface area (Å²) in [5.74, 6) is 1.91. The molecule has 7 heteroatoms. The van der Waals surface area contributed by atoms with Crippen molar-refractivity contribution >= 4 is 23.2 Å². The molecule has 0 radical (unpaired) electrons. The Morgan fingerprint density at radius 2 is 1.55 bits per heavy atom. The Bertz CT molecular complexity index is 1070. The summed E-state index contributed by atoms with van der Waals surface area (Å²) < 4.78 is 21.8. The first-order valence-electron chi connectivity index (χ1n) is 9.54. The van der Waals surface area contributed by atoms with Gasteiger partial charge >= 0.3 is 0 Å². The van der Waals surface area contributed by atoms with Crippen molar-refractivity contribution in [2.75, 3.05) is 26.6 Å². The van der Waals surface area contributed by atoms with Crippen LogP contribution in [-0.4, -0.2) is 27.2 Å². The van der Waals surface area contributed by atoms with Crippen LogP contribution in [0.3, 0.4) is 0 Å². The van der Waals surface area contributed by atoms with Gasteiger partial charge in [0.1, 0.15) is 29.6 Å². The molecule has 3 aromatic rings. The highest BCUT2D eigenvalue weighted by atomic mass is 35.5. The number of amides is 1. The topological polar surface area (TPSA) is 66.0 Å². The Hall–Kier alpha value is -3.38. The number of hydrogen-bond acceptors (Lipinski definition) is 5. The number of ether oxygens (including phenoxy) is 4. The molecular formula is C24H24ClNO5. The number of benzene rings is 3. The zero-order chi connectivity index (χ0) is 22.4. The summed E-state index contributed by atoms with van der Waals surface area (Å²) in [5, 5.41) is 3.23. The highest BCUT2D eigenvalue weighted by molar-refractivity contribution is 6.32. The number of halogens is 1. The van der Waals surface area contributed by atoms with Gasteiger partial charge in [0.05, 0.1) is 32.0 Å². The Morgan fingerprint density at radius 1 is 0.871 bits per heavy atom. The number of rotatable bonds is 8. The van der Waals surface area contributed by atoms with Gasteiger partial charge in [0.2, 0.25) is 0 Å². The maximum atomic E-state index is 12.9. The lowest BCUT2D eigenvalue weighted by Gasteiger charge is -2.15. The molecule has 0 aliphatic rings. The number of carbonyl (C=O) groups is 1. The van der Waals surface area contributed by atoms with E-state index < -0.39 is 0 Å². The lowest BCUT2D eigenvalue weighted by atomic mass is 10.1. The summed E-state index contributed by atoms with van der Waals surface area (Å²) in [4.78, 5) is 12.9. The number of methoxy groups -OCH3 is 3. The zero-order valence-corrected chi connectivity index (χ0v) is 18.6. The summed E-state index contributed by atoms with van der Waals surface area (Å²) in [7, 11) is 4.58. The summed E-state index contributed by atoms with van der Waals surface area (Å²) in [6.45, 7) is 2.27. The molecule has 1 N–H and O–H groups in total. The quantitative estimate of drug-likeness (QED) is 0.499. The lowest BCUT2D eigenvalue weighted by Crippen LogP contribution is -2.14. The van der Waals surface area contributed by atoms with Crippen LogP contribution in [0.2, 0.25) is 5.02 Å². The van der Waals surface area contributed by atoms with E-state index in [-0.39, 0.29) is 12.5 Å². The summed E-state index contributed by atoms with van der Waals surface area (Å²) in [6, 6.07) is 16.1. The first-order chi connectivity index (χ1) is 14.9. The normalized spacial score (nSPS) is 10.4. The fraction of sp³-hybridized carbons (Fsp3) is 0.208. The van der Waals surface area contributed by atoms with E-state index in [2.05, 4.69) is 5.32 Å². The van der Waals surface area contributed by atoms with E-state index in [0.717, 1.165) is 16.9 Å². The molecule has 0 aliphatic heterocycles. The predicted molar refractivity (Wildman–Crippen MR) is 121 cm³/mol. The van der Waals surface area contributed by atoms with Gasteiger partial charge in [-0.15, -0.1) is 0 Å². The maximum absolute atomic E-state index is 12.9. The van der Waals surface area contributed by atoms with Gasteiger partial charge in [-0.3, -0.25) is 4.79 Å². The minimum Gasteiger partial charge on any atom is -0.496 e. The van der Waals surface area contributed by atoms with Crippen LogP contribution in [0.15, 0.2) is 54.6 Å². The molecule has 0 heterocycles. The highest BCUT2D eigenvalue weighted by Gasteiger charge is 2.16. The number of carbonyl (C=O) groups excluding carboxylic acids is 1. The molecule has 0 spiro atoms. The number of nitrogens with one attached hydrogen (secondary N) is 1. The van der Waals surface area contributed by atoms with Crippen molar-refractivity contribution in [3.63, 3.8) is 0 Å². The van der Waals surface area contributed by atoms with Crippen LogP contribution in [-0.2, 0) is 6.61 Å². The molecule has 1 amide bonds. The van der Waals surface area contributed by atoms with E-state index >= 15 is 0 Å². The van der Waals surface area contributed by atoms with Gasteiger partial charge in [0.15, 0.2) is 0 Å². The molecule has 0 aliphatic carbocycles.